The van der Waals surface area contributed by atoms with E-state index in [4.69, 9.17) is 0 Å². The van der Waals surface area contributed by atoms with E-state index in [1.807, 2.05) is 6.08 Å². The van der Waals surface area contributed by atoms with Gasteiger partial charge in [-0.05, 0) is 80.3 Å². The number of allylic oxidation sites excluding steroid dienone is 2. The molecule has 0 unspecified atom stereocenters. The normalized spacial score (nSPS) is 48.4. The van der Waals surface area contributed by atoms with Crippen molar-refractivity contribution in [2.45, 2.75) is 70.8 Å². The molecule has 0 bridgehead atoms. The van der Waals surface area contributed by atoms with Gasteiger partial charge in [0.2, 0.25) is 0 Å². The molecule has 0 saturated heterocycles. The third-order valence-electron chi connectivity index (χ3n) is 8.49. The average molecular weight is 338 g/mol. The molecule has 0 aromatic rings. The fraction of sp³-hybridized carbons (Fsp3) is 0.696. The van der Waals surface area contributed by atoms with Crippen molar-refractivity contribution < 1.29 is 9.90 Å². The van der Waals surface area contributed by atoms with E-state index in [0.29, 0.717) is 30.0 Å². The van der Waals surface area contributed by atoms with E-state index in [9.17, 15) is 9.90 Å². The van der Waals surface area contributed by atoms with Crippen LogP contribution in [0.5, 0.6) is 0 Å². The summed E-state index contributed by atoms with van der Waals surface area (Å²) in [6, 6.07) is 0. The number of carbonyl (C=O) groups excluding carboxylic acids is 1. The molecule has 0 amide bonds. The second-order valence-electron chi connectivity index (χ2n) is 9.30. The molecule has 0 aromatic heterocycles. The van der Waals surface area contributed by atoms with Gasteiger partial charge in [-0.1, -0.05) is 37.8 Å². The third kappa shape index (κ3) is 2.25. The number of fused-ring (bicyclic) bond motifs is 5. The van der Waals surface area contributed by atoms with Crippen LogP contribution in [-0.4, -0.2) is 16.5 Å². The van der Waals surface area contributed by atoms with Gasteiger partial charge in [-0.3, -0.25) is 4.79 Å². The predicted molar refractivity (Wildman–Crippen MR) is 99.6 cm³/mol. The predicted octanol–water partition coefficient (Wildman–Crippen LogP) is 4.44. The number of ketones is 1. The van der Waals surface area contributed by atoms with Gasteiger partial charge in [-0.2, -0.15) is 0 Å². The lowest BCUT2D eigenvalue weighted by Crippen LogP contribution is -2.54. The Labute approximate surface area is 151 Å². The maximum Gasteiger partial charge on any atom is 0.155 e. The Kier molecular flexibility index (Phi) is 3.82. The van der Waals surface area contributed by atoms with Gasteiger partial charge in [-0.15, -0.1) is 0 Å². The molecule has 6 atom stereocenters. The molecular formula is C23H30O2. The minimum atomic E-state index is -0.865. The number of rotatable bonds is 0. The van der Waals surface area contributed by atoms with E-state index in [0.717, 1.165) is 38.5 Å². The van der Waals surface area contributed by atoms with Crippen LogP contribution < -0.4 is 0 Å². The first-order chi connectivity index (χ1) is 11.8. The number of aliphatic hydroxyl groups is 1. The molecule has 0 spiro atoms. The SMILES string of the molecule is C=CC#C[C@]1(O)CC[C@H]2[C@@H]3CCC4=CC(=O)CC[C@]4(C)[C@H]3CC[C@@]21C. The van der Waals surface area contributed by atoms with E-state index in [1.54, 1.807) is 6.08 Å². The van der Waals surface area contributed by atoms with Crippen LogP contribution in [0.15, 0.2) is 24.3 Å². The number of hydrogen-bond donors (Lipinski definition) is 1. The van der Waals surface area contributed by atoms with Crippen LogP contribution in [0.2, 0.25) is 0 Å². The quantitative estimate of drug-likeness (QED) is 0.663. The van der Waals surface area contributed by atoms with Crippen LogP contribution in [0.25, 0.3) is 0 Å². The molecule has 2 heteroatoms. The monoisotopic (exact) mass is 338 g/mol. The molecule has 0 aliphatic heterocycles. The number of hydrogen-bond acceptors (Lipinski definition) is 2. The fourth-order valence-electron chi connectivity index (χ4n) is 6.95. The van der Waals surface area contributed by atoms with Crippen LogP contribution >= 0.6 is 0 Å². The molecule has 1 N–H and O–H groups in total. The van der Waals surface area contributed by atoms with Crippen molar-refractivity contribution in [1.29, 1.82) is 0 Å². The third-order valence-corrected chi connectivity index (χ3v) is 8.49. The zero-order valence-corrected chi connectivity index (χ0v) is 15.6. The maximum absolute atomic E-state index is 11.9. The van der Waals surface area contributed by atoms with Crippen LogP contribution in [0.1, 0.15) is 65.2 Å². The molecule has 3 fully saturated rings. The van der Waals surface area contributed by atoms with Crippen molar-refractivity contribution in [3.63, 3.8) is 0 Å². The fourth-order valence-corrected chi connectivity index (χ4v) is 6.95. The zero-order chi connectivity index (χ0) is 17.9. The minimum absolute atomic E-state index is 0.105. The molecule has 4 aliphatic carbocycles. The molecule has 134 valence electrons. The van der Waals surface area contributed by atoms with Crippen LogP contribution in [0.4, 0.5) is 0 Å². The summed E-state index contributed by atoms with van der Waals surface area (Å²) in [6.45, 7) is 8.37. The average Bonchev–Trinajstić information content (AvgIpc) is 2.85. The van der Waals surface area contributed by atoms with Crippen molar-refractivity contribution in [3.05, 3.63) is 24.3 Å². The second-order valence-corrected chi connectivity index (χ2v) is 9.30. The van der Waals surface area contributed by atoms with Gasteiger partial charge < -0.3 is 5.11 Å². The van der Waals surface area contributed by atoms with Gasteiger partial charge in [0.15, 0.2) is 5.78 Å². The van der Waals surface area contributed by atoms with Crippen LogP contribution in [0, 0.1) is 40.4 Å². The summed E-state index contributed by atoms with van der Waals surface area (Å²) in [4.78, 5) is 11.9. The molecule has 0 heterocycles. The van der Waals surface area contributed by atoms with Gasteiger partial charge in [0.1, 0.15) is 5.60 Å². The first-order valence-electron chi connectivity index (χ1n) is 9.94. The van der Waals surface area contributed by atoms with E-state index < -0.39 is 5.60 Å². The lowest BCUT2D eigenvalue weighted by atomic mass is 9.46. The molecule has 25 heavy (non-hydrogen) atoms. The summed E-state index contributed by atoms with van der Waals surface area (Å²) in [5.41, 5.74) is 0.641. The van der Waals surface area contributed by atoms with Gasteiger partial charge in [0, 0.05) is 11.8 Å². The Balaban J connectivity index is 1.68. The summed E-state index contributed by atoms with van der Waals surface area (Å²) in [5.74, 6) is 8.27. The largest absolute Gasteiger partial charge is 0.377 e. The highest BCUT2D eigenvalue weighted by Gasteiger charge is 2.63. The Bertz CT molecular complexity index is 707. The van der Waals surface area contributed by atoms with Crippen molar-refractivity contribution in [3.8, 4) is 11.8 Å². The van der Waals surface area contributed by atoms with Gasteiger partial charge in [0.05, 0.1) is 0 Å². The standard InChI is InChI=1S/C23H30O2/c1-4-5-11-23(25)14-10-20-18-7-6-16-15-17(24)8-12-21(16,2)19(18)9-13-22(20,23)3/h4,15,18-20,25H,1,6-10,12-14H2,2-3H3/t18-,19+,20+,21+,22+,23+/m1/s1. The topological polar surface area (TPSA) is 37.3 Å². The van der Waals surface area contributed by atoms with E-state index in [2.05, 4.69) is 32.3 Å². The highest BCUT2D eigenvalue weighted by molar-refractivity contribution is 5.91. The van der Waals surface area contributed by atoms with E-state index in [1.165, 1.54) is 12.0 Å². The smallest absolute Gasteiger partial charge is 0.155 e. The molecule has 4 rings (SSSR count). The Morgan fingerprint density at radius 3 is 2.68 bits per heavy atom. The van der Waals surface area contributed by atoms with Crippen LogP contribution in [0.3, 0.4) is 0 Å². The summed E-state index contributed by atoms with van der Waals surface area (Å²) < 4.78 is 0. The molecule has 2 nitrogen and oxygen atoms in total. The van der Waals surface area contributed by atoms with Gasteiger partial charge in [0.25, 0.3) is 0 Å². The van der Waals surface area contributed by atoms with Gasteiger partial charge >= 0.3 is 0 Å². The summed E-state index contributed by atoms with van der Waals surface area (Å²) >= 11 is 0. The van der Waals surface area contributed by atoms with Crippen molar-refractivity contribution in [1.82, 2.24) is 0 Å². The number of carbonyl (C=O) groups is 1. The molecule has 4 aliphatic rings. The van der Waals surface area contributed by atoms with E-state index in [-0.39, 0.29) is 10.8 Å². The van der Waals surface area contributed by atoms with Crippen molar-refractivity contribution in [2.75, 3.05) is 0 Å². The lowest BCUT2D eigenvalue weighted by molar-refractivity contribution is -0.119. The lowest BCUT2D eigenvalue weighted by Gasteiger charge is -2.58. The van der Waals surface area contributed by atoms with Gasteiger partial charge in [-0.25, -0.2) is 0 Å². The molecule has 3 saturated carbocycles. The summed E-state index contributed by atoms with van der Waals surface area (Å²) in [5, 5.41) is 11.3. The Hall–Kier alpha value is -1.33. The summed E-state index contributed by atoms with van der Waals surface area (Å²) in [7, 11) is 0. The molecule has 0 aromatic carbocycles. The zero-order valence-electron chi connectivity index (χ0n) is 15.6. The Morgan fingerprint density at radius 1 is 1.16 bits per heavy atom. The van der Waals surface area contributed by atoms with Crippen molar-refractivity contribution in [2.24, 2.45) is 28.6 Å². The Morgan fingerprint density at radius 2 is 1.92 bits per heavy atom. The first-order valence-corrected chi connectivity index (χ1v) is 9.94. The first kappa shape index (κ1) is 17.1. The van der Waals surface area contributed by atoms with Crippen molar-refractivity contribution >= 4 is 5.78 Å². The molecular weight excluding hydrogens is 308 g/mol. The minimum Gasteiger partial charge on any atom is -0.377 e. The second kappa shape index (κ2) is 5.58. The van der Waals surface area contributed by atoms with Crippen LogP contribution in [-0.2, 0) is 4.79 Å². The highest BCUT2D eigenvalue weighted by atomic mass is 16.3. The summed E-state index contributed by atoms with van der Waals surface area (Å²) in [6.07, 6.45) is 11.6. The maximum atomic E-state index is 11.9. The molecule has 0 radical (unpaired) electrons. The van der Waals surface area contributed by atoms with E-state index >= 15 is 0 Å². The highest BCUT2D eigenvalue weighted by Crippen LogP contribution is 2.67.